The molecule has 1 aromatic carbocycles. The first-order valence-electron chi connectivity index (χ1n) is 8.22. The van der Waals surface area contributed by atoms with Crippen molar-refractivity contribution in [1.29, 1.82) is 5.41 Å². The zero-order valence-corrected chi connectivity index (χ0v) is 15.3. The van der Waals surface area contributed by atoms with Crippen LogP contribution in [0.5, 0.6) is 0 Å². The largest absolute Gasteiger partial charge is 0.481 e. The first-order valence-corrected chi connectivity index (χ1v) is 8.22. The molecule has 0 saturated carbocycles. The molecule has 3 aromatic rings. The molecule has 0 radical (unpaired) electrons. The maximum Gasteiger partial charge on any atom is 0.334 e. The average molecular weight is 390 g/mol. The van der Waals surface area contributed by atoms with E-state index in [1.54, 1.807) is 41.1 Å². The van der Waals surface area contributed by atoms with Gasteiger partial charge in [0.25, 0.3) is 0 Å². The lowest BCUT2D eigenvalue weighted by Crippen LogP contribution is -2.23. The minimum absolute atomic E-state index is 0. The minimum atomic E-state index is -0.841. The average Bonchev–Trinajstić information content (AvgIpc) is 2.90. The molecule has 8 nitrogen and oxygen atoms in total. The second-order valence-corrected chi connectivity index (χ2v) is 5.93. The summed E-state index contributed by atoms with van der Waals surface area (Å²) in [6.45, 7) is 0.423. The third-order valence-electron chi connectivity index (χ3n) is 4.15. The Labute approximate surface area is 161 Å². The van der Waals surface area contributed by atoms with Gasteiger partial charge in [0.05, 0.1) is 11.2 Å². The Hall–Kier alpha value is -3.13. The number of rotatable bonds is 7. The first kappa shape index (κ1) is 20.2. The number of carbonyl (C=O) groups is 1. The molecule has 9 heteroatoms. The molecule has 142 valence electrons. The highest BCUT2D eigenvalue weighted by Gasteiger charge is 2.15. The fourth-order valence-corrected chi connectivity index (χ4v) is 2.87. The van der Waals surface area contributed by atoms with Crippen molar-refractivity contribution in [1.82, 2.24) is 14.1 Å². The number of hydrogen-bond acceptors (Lipinski definition) is 4. The van der Waals surface area contributed by atoms with Crippen molar-refractivity contribution in [3.05, 3.63) is 58.6 Å². The zero-order chi connectivity index (χ0) is 18.7. The van der Waals surface area contributed by atoms with E-state index >= 15 is 0 Å². The minimum Gasteiger partial charge on any atom is -0.481 e. The van der Waals surface area contributed by atoms with Gasteiger partial charge in [-0.15, -0.1) is 12.4 Å². The number of benzene rings is 1. The van der Waals surface area contributed by atoms with Gasteiger partial charge >= 0.3 is 11.7 Å². The molecule has 0 aliphatic rings. The Morgan fingerprint density at radius 2 is 1.89 bits per heavy atom. The van der Waals surface area contributed by atoms with Crippen LogP contribution < -0.4 is 11.4 Å². The molecule has 4 N–H and O–H groups in total. The van der Waals surface area contributed by atoms with Crippen molar-refractivity contribution in [2.24, 2.45) is 5.73 Å². The Morgan fingerprint density at radius 3 is 2.52 bits per heavy atom. The van der Waals surface area contributed by atoms with E-state index in [9.17, 15) is 9.59 Å². The molecule has 3 rings (SSSR count). The number of fused-ring (bicyclic) bond motifs is 1. The van der Waals surface area contributed by atoms with Crippen LogP contribution in [0.3, 0.4) is 0 Å². The lowest BCUT2D eigenvalue weighted by atomic mass is 10.2. The molecule has 0 spiro atoms. The van der Waals surface area contributed by atoms with Crippen LogP contribution >= 0.6 is 12.4 Å². The zero-order valence-electron chi connectivity index (χ0n) is 14.5. The van der Waals surface area contributed by atoms with Gasteiger partial charge in [0, 0.05) is 24.7 Å². The van der Waals surface area contributed by atoms with Crippen LogP contribution in [-0.4, -0.2) is 31.0 Å². The molecule has 0 saturated heterocycles. The highest BCUT2D eigenvalue weighted by Crippen LogP contribution is 2.17. The van der Waals surface area contributed by atoms with Gasteiger partial charge in [-0.1, -0.05) is 0 Å². The summed E-state index contributed by atoms with van der Waals surface area (Å²) in [6.07, 6.45) is 2.79. The predicted octanol–water partition coefficient (Wildman–Crippen LogP) is 2.15. The molecule has 0 aliphatic carbocycles. The number of carboxylic acids is 1. The van der Waals surface area contributed by atoms with Gasteiger partial charge in [-0.05, 0) is 49.2 Å². The van der Waals surface area contributed by atoms with E-state index in [1.807, 2.05) is 6.07 Å². The van der Waals surface area contributed by atoms with Gasteiger partial charge in [0.2, 0.25) is 0 Å². The number of hydrogen-bond donors (Lipinski definition) is 3. The maximum absolute atomic E-state index is 12.9. The Morgan fingerprint density at radius 1 is 1.19 bits per heavy atom. The number of pyridine rings is 1. The first-order chi connectivity index (χ1) is 12.5. The number of imidazole rings is 1. The number of unbranched alkanes of at least 4 members (excludes halogenated alkanes) is 1. The van der Waals surface area contributed by atoms with Gasteiger partial charge in [0.1, 0.15) is 5.84 Å². The number of nitrogen functional groups attached to an aromatic ring is 1. The monoisotopic (exact) mass is 389 g/mol. The number of aryl methyl sites for hydroxylation is 1. The normalized spacial score (nSPS) is 10.5. The molecular formula is C18H20ClN5O3. The van der Waals surface area contributed by atoms with Crippen LogP contribution in [0.1, 0.15) is 24.8 Å². The summed E-state index contributed by atoms with van der Waals surface area (Å²) in [7, 11) is 0. The van der Waals surface area contributed by atoms with Crippen molar-refractivity contribution >= 4 is 35.4 Å². The summed E-state index contributed by atoms with van der Waals surface area (Å²) in [4.78, 5) is 27.9. The quantitative estimate of drug-likeness (QED) is 0.324. The Balaban J connectivity index is 0.00000261. The van der Waals surface area contributed by atoms with E-state index in [1.165, 1.54) is 4.57 Å². The number of halogens is 1. The molecule has 0 fully saturated rings. The van der Waals surface area contributed by atoms with E-state index < -0.39 is 5.97 Å². The number of aromatic nitrogens is 3. The number of carboxylic acid groups (broad SMARTS) is 1. The van der Waals surface area contributed by atoms with Crippen LogP contribution in [0.15, 0.2) is 47.4 Å². The van der Waals surface area contributed by atoms with Gasteiger partial charge in [0.15, 0.2) is 5.65 Å². The third kappa shape index (κ3) is 4.17. The fraction of sp³-hybridized carbons (Fsp3) is 0.222. The molecule has 0 amide bonds. The lowest BCUT2D eigenvalue weighted by molar-refractivity contribution is -0.137. The summed E-state index contributed by atoms with van der Waals surface area (Å²) in [5.41, 5.74) is 7.68. The summed E-state index contributed by atoms with van der Waals surface area (Å²) in [6, 6.07) is 10.4. The molecule has 0 bridgehead atoms. The van der Waals surface area contributed by atoms with Crippen LogP contribution in [0.25, 0.3) is 16.9 Å². The smallest absolute Gasteiger partial charge is 0.334 e. The van der Waals surface area contributed by atoms with E-state index in [2.05, 4.69) is 4.98 Å². The van der Waals surface area contributed by atoms with Crippen LogP contribution in [0, 0.1) is 5.41 Å². The van der Waals surface area contributed by atoms with Gasteiger partial charge in [-0.25, -0.2) is 14.3 Å². The predicted molar refractivity (Wildman–Crippen MR) is 105 cm³/mol. The lowest BCUT2D eigenvalue weighted by Gasteiger charge is -2.04. The van der Waals surface area contributed by atoms with Crippen LogP contribution in [-0.2, 0) is 11.3 Å². The van der Waals surface area contributed by atoms with Crippen molar-refractivity contribution in [2.45, 2.75) is 25.8 Å². The molecule has 0 aliphatic heterocycles. The maximum atomic E-state index is 12.9. The molecule has 2 aromatic heterocycles. The molecular weight excluding hydrogens is 370 g/mol. The van der Waals surface area contributed by atoms with Crippen LogP contribution in [0.2, 0.25) is 0 Å². The standard InChI is InChI=1S/C18H19N5O3.ClH/c19-16(20)12-6-8-13(9-7-12)23-17-14(4-3-10-21-17)22(18(23)26)11-2-1-5-15(24)25;/h3-4,6-10H,1-2,5,11H2,(H3,19,20)(H,24,25);1H. The number of nitrogens with two attached hydrogens (primary N) is 1. The van der Waals surface area contributed by atoms with Gasteiger partial charge in [-0.2, -0.15) is 0 Å². The number of amidine groups is 1. The van der Waals surface area contributed by atoms with Crippen molar-refractivity contribution in [2.75, 3.05) is 0 Å². The van der Waals surface area contributed by atoms with E-state index in [0.717, 1.165) is 0 Å². The van der Waals surface area contributed by atoms with E-state index in [-0.39, 0.29) is 30.4 Å². The van der Waals surface area contributed by atoms with Crippen LogP contribution in [0.4, 0.5) is 0 Å². The SMILES string of the molecule is Cl.N=C(N)c1ccc(-n2c(=O)n(CCCCC(=O)O)c3cccnc32)cc1. The number of aliphatic carboxylic acids is 1. The fourth-order valence-electron chi connectivity index (χ4n) is 2.87. The van der Waals surface area contributed by atoms with Crippen molar-refractivity contribution in [3.63, 3.8) is 0 Å². The second-order valence-electron chi connectivity index (χ2n) is 5.93. The van der Waals surface area contributed by atoms with E-state index in [0.29, 0.717) is 41.8 Å². The van der Waals surface area contributed by atoms with Crippen molar-refractivity contribution in [3.8, 4) is 5.69 Å². The van der Waals surface area contributed by atoms with Gasteiger partial charge < -0.3 is 10.8 Å². The number of nitrogens with zero attached hydrogens (tertiary/aromatic N) is 3. The molecule has 27 heavy (non-hydrogen) atoms. The number of nitrogens with one attached hydrogen (secondary N) is 1. The highest BCUT2D eigenvalue weighted by atomic mass is 35.5. The van der Waals surface area contributed by atoms with E-state index in [4.69, 9.17) is 16.2 Å². The second kappa shape index (κ2) is 8.50. The van der Waals surface area contributed by atoms with Crippen molar-refractivity contribution < 1.29 is 9.90 Å². The molecule has 0 atom stereocenters. The Kier molecular flexibility index (Phi) is 6.36. The summed E-state index contributed by atoms with van der Waals surface area (Å²) in [5, 5.41) is 16.2. The molecule has 0 unspecified atom stereocenters. The Bertz CT molecular complexity index is 1020. The van der Waals surface area contributed by atoms with Gasteiger partial charge in [-0.3, -0.25) is 14.8 Å². The highest BCUT2D eigenvalue weighted by molar-refractivity contribution is 5.95. The topological polar surface area (TPSA) is 127 Å². The third-order valence-corrected chi connectivity index (χ3v) is 4.15. The summed E-state index contributed by atoms with van der Waals surface area (Å²) < 4.78 is 3.12. The molecule has 2 heterocycles. The summed E-state index contributed by atoms with van der Waals surface area (Å²) >= 11 is 0. The summed E-state index contributed by atoms with van der Waals surface area (Å²) in [5.74, 6) is -0.880.